The molecule has 2 N–H and O–H groups in total. The van der Waals surface area contributed by atoms with E-state index in [0.29, 0.717) is 5.69 Å². The van der Waals surface area contributed by atoms with Crippen LogP contribution in [0.2, 0.25) is 0 Å². The first-order valence-corrected chi connectivity index (χ1v) is 6.13. The van der Waals surface area contributed by atoms with Crippen molar-refractivity contribution >= 4 is 5.91 Å². The maximum atomic E-state index is 11.9. The quantitative estimate of drug-likeness (QED) is 0.879. The van der Waals surface area contributed by atoms with Crippen LogP contribution in [-0.4, -0.2) is 16.0 Å². The molecule has 19 heavy (non-hydrogen) atoms. The molecule has 0 aliphatic heterocycles. The van der Waals surface area contributed by atoms with Crippen LogP contribution in [0.4, 0.5) is 0 Å². The highest BCUT2D eigenvalue weighted by Gasteiger charge is 2.20. The van der Waals surface area contributed by atoms with Crippen LogP contribution in [0.15, 0.2) is 54.7 Å². The van der Waals surface area contributed by atoms with Gasteiger partial charge in [-0.2, -0.15) is 0 Å². The van der Waals surface area contributed by atoms with Crippen LogP contribution < -0.4 is 5.32 Å². The maximum absolute atomic E-state index is 11.9. The van der Waals surface area contributed by atoms with E-state index >= 15 is 0 Å². The fourth-order valence-corrected chi connectivity index (χ4v) is 1.79. The Morgan fingerprint density at radius 2 is 1.84 bits per heavy atom. The Kier molecular flexibility index (Phi) is 4.26. The summed E-state index contributed by atoms with van der Waals surface area (Å²) in [7, 11) is 0. The smallest absolute Gasteiger partial charge is 0.255 e. The van der Waals surface area contributed by atoms with Crippen molar-refractivity contribution in [3.05, 3.63) is 66.0 Å². The molecule has 1 amide bonds. The first-order chi connectivity index (χ1) is 9.18. The first kappa shape index (κ1) is 13.2. The average Bonchev–Trinajstić information content (AvgIpc) is 2.48. The molecule has 4 nitrogen and oxygen atoms in total. The number of nitrogens with zero attached hydrogens (tertiary/aromatic N) is 1. The highest BCUT2D eigenvalue weighted by atomic mass is 16.3. The van der Waals surface area contributed by atoms with Gasteiger partial charge in [0.25, 0.3) is 5.91 Å². The monoisotopic (exact) mass is 256 g/mol. The Labute approximate surface area is 112 Å². The number of rotatable bonds is 4. The molecule has 1 aromatic heterocycles. The van der Waals surface area contributed by atoms with Crippen molar-refractivity contribution in [2.75, 3.05) is 0 Å². The maximum Gasteiger partial charge on any atom is 0.255 e. The Morgan fingerprint density at radius 1 is 1.16 bits per heavy atom. The van der Waals surface area contributed by atoms with Gasteiger partial charge in [0.05, 0.1) is 11.7 Å². The number of benzene rings is 1. The molecule has 98 valence electrons. The van der Waals surface area contributed by atoms with Gasteiger partial charge in [-0.1, -0.05) is 36.4 Å². The number of aliphatic hydroxyl groups excluding tert-OH is 1. The third kappa shape index (κ3) is 3.39. The van der Waals surface area contributed by atoms with Crippen LogP contribution in [0.5, 0.6) is 0 Å². The van der Waals surface area contributed by atoms with Gasteiger partial charge in [-0.15, -0.1) is 0 Å². The number of carbonyl (C=O) groups is 1. The van der Waals surface area contributed by atoms with E-state index in [1.165, 1.54) is 0 Å². The topological polar surface area (TPSA) is 62.2 Å². The summed E-state index contributed by atoms with van der Waals surface area (Å²) in [4.78, 5) is 15.9. The Hall–Kier alpha value is -2.20. The number of aromatic nitrogens is 1. The van der Waals surface area contributed by atoms with Gasteiger partial charge in [0.2, 0.25) is 0 Å². The number of hydrogen-bond acceptors (Lipinski definition) is 3. The molecule has 0 saturated carbocycles. The molecule has 0 fully saturated rings. The Morgan fingerprint density at radius 3 is 2.47 bits per heavy atom. The Bertz CT molecular complexity index is 528. The predicted octanol–water partition coefficient (Wildman–Crippen LogP) is 1.99. The van der Waals surface area contributed by atoms with Crippen molar-refractivity contribution in [3.8, 4) is 0 Å². The van der Waals surface area contributed by atoms with Gasteiger partial charge in [0.1, 0.15) is 0 Å². The van der Waals surface area contributed by atoms with E-state index in [1.807, 2.05) is 37.3 Å². The molecule has 2 rings (SSSR count). The van der Waals surface area contributed by atoms with Crippen LogP contribution in [0.25, 0.3) is 0 Å². The zero-order chi connectivity index (χ0) is 13.7. The highest BCUT2D eigenvalue weighted by Crippen LogP contribution is 2.14. The average molecular weight is 256 g/mol. The van der Waals surface area contributed by atoms with Crippen molar-refractivity contribution in [3.63, 3.8) is 0 Å². The van der Waals surface area contributed by atoms with Crippen LogP contribution >= 0.6 is 0 Å². The summed E-state index contributed by atoms with van der Waals surface area (Å²) in [5.41, 5.74) is 1.34. The molecule has 0 unspecified atom stereocenters. The molecule has 0 radical (unpaired) electrons. The highest BCUT2D eigenvalue weighted by molar-refractivity contribution is 5.81. The molecule has 0 saturated heterocycles. The fraction of sp³-hybridized carbons (Fsp3) is 0.200. The minimum absolute atomic E-state index is 0.160. The molecule has 2 atom stereocenters. The predicted molar refractivity (Wildman–Crippen MR) is 72.2 cm³/mol. The second-order valence-electron chi connectivity index (χ2n) is 4.30. The number of carbonyl (C=O) groups excluding carboxylic acids is 1. The third-order valence-electron chi connectivity index (χ3n) is 2.87. The number of nitrogens with one attached hydrogen (secondary N) is 1. The summed E-state index contributed by atoms with van der Waals surface area (Å²) < 4.78 is 0. The van der Waals surface area contributed by atoms with Gasteiger partial charge >= 0.3 is 0 Å². The molecule has 0 spiro atoms. The van der Waals surface area contributed by atoms with Crippen molar-refractivity contribution in [2.45, 2.75) is 19.1 Å². The summed E-state index contributed by atoms with van der Waals surface area (Å²) in [6, 6.07) is 14.5. The number of amides is 1. The molecule has 4 heteroatoms. The summed E-state index contributed by atoms with van der Waals surface area (Å²) in [6.07, 6.45) is 0.305. The van der Waals surface area contributed by atoms with E-state index < -0.39 is 12.0 Å². The van der Waals surface area contributed by atoms with Gasteiger partial charge in [-0.25, -0.2) is 0 Å². The molecular weight excluding hydrogens is 240 g/mol. The van der Waals surface area contributed by atoms with Crippen LogP contribution in [0.1, 0.15) is 30.3 Å². The lowest BCUT2D eigenvalue weighted by Crippen LogP contribution is -2.31. The van der Waals surface area contributed by atoms with Crippen LogP contribution in [0, 0.1) is 0 Å². The summed E-state index contributed by atoms with van der Waals surface area (Å²) in [6.45, 7) is 1.87. The van der Waals surface area contributed by atoms with Gasteiger partial charge < -0.3 is 10.4 Å². The third-order valence-corrected chi connectivity index (χ3v) is 2.87. The molecule has 1 heterocycles. The lowest BCUT2D eigenvalue weighted by Gasteiger charge is -2.17. The van der Waals surface area contributed by atoms with E-state index in [9.17, 15) is 9.90 Å². The largest absolute Gasteiger partial charge is 0.377 e. The molecule has 0 aliphatic carbocycles. The molecule has 2 aromatic rings. The number of hydrogen-bond donors (Lipinski definition) is 2. The number of pyridine rings is 1. The minimum atomic E-state index is -1.24. The zero-order valence-corrected chi connectivity index (χ0v) is 10.7. The van der Waals surface area contributed by atoms with Gasteiger partial charge in [-0.3, -0.25) is 9.78 Å². The second kappa shape index (κ2) is 6.11. The summed E-state index contributed by atoms with van der Waals surface area (Å²) in [5.74, 6) is -0.449. The van der Waals surface area contributed by atoms with E-state index in [2.05, 4.69) is 10.3 Å². The van der Waals surface area contributed by atoms with Crippen molar-refractivity contribution in [1.29, 1.82) is 0 Å². The van der Waals surface area contributed by atoms with Crippen LogP contribution in [-0.2, 0) is 4.79 Å². The van der Waals surface area contributed by atoms with Crippen LogP contribution in [0.3, 0.4) is 0 Å². The van der Waals surface area contributed by atoms with Gasteiger partial charge in [0.15, 0.2) is 6.10 Å². The normalized spacial score (nSPS) is 13.6. The molecule has 1 aromatic carbocycles. The van der Waals surface area contributed by atoms with E-state index in [-0.39, 0.29) is 6.04 Å². The number of aliphatic hydroxyl groups is 1. The molecule has 0 bridgehead atoms. The summed E-state index contributed by atoms with van der Waals surface area (Å²) >= 11 is 0. The lowest BCUT2D eigenvalue weighted by atomic mass is 10.1. The van der Waals surface area contributed by atoms with Crippen molar-refractivity contribution in [1.82, 2.24) is 10.3 Å². The lowest BCUT2D eigenvalue weighted by molar-refractivity contribution is -0.130. The SMILES string of the molecule is C[C@@H](NC(=O)[C@H](O)c1ccccn1)c1ccccc1. The standard InChI is InChI=1S/C15H16N2O2/c1-11(12-7-3-2-4-8-12)17-15(19)14(18)13-9-5-6-10-16-13/h2-11,14,18H,1H3,(H,17,19)/t11-,14-/m1/s1. The Balaban J connectivity index is 2.02. The minimum Gasteiger partial charge on any atom is -0.377 e. The van der Waals surface area contributed by atoms with E-state index in [0.717, 1.165) is 5.56 Å². The molecular formula is C15H16N2O2. The molecule has 0 aliphatic rings. The zero-order valence-electron chi connectivity index (χ0n) is 10.7. The second-order valence-corrected chi connectivity index (χ2v) is 4.30. The fourth-order valence-electron chi connectivity index (χ4n) is 1.79. The van der Waals surface area contributed by atoms with Gasteiger partial charge in [-0.05, 0) is 24.6 Å². The van der Waals surface area contributed by atoms with E-state index in [1.54, 1.807) is 24.4 Å². The van der Waals surface area contributed by atoms with E-state index in [4.69, 9.17) is 0 Å². The summed E-state index contributed by atoms with van der Waals surface area (Å²) in [5, 5.41) is 12.7. The van der Waals surface area contributed by atoms with Crippen molar-refractivity contribution < 1.29 is 9.90 Å². The van der Waals surface area contributed by atoms with Crippen molar-refractivity contribution in [2.24, 2.45) is 0 Å². The van der Waals surface area contributed by atoms with Gasteiger partial charge in [0, 0.05) is 6.20 Å². The first-order valence-electron chi connectivity index (χ1n) is 6.13.